The van der Waals surface area contributed by atoms with Crippen LogP contribution in [0.3, 0.4) is 0 Å². The topological polar surface area (TPSA) is 75.7 Å². The van der Waals surface area contributed by atoms with E-state index in [1.165, 1.54) is 7.11 Å². The lowest BCUT2D eigenvalue weighted by atomic mass is 10.2. The van der Waals surface area contributed by atoms with Crippen LogP contribution in [0.1, 0.15) is 5.56 Å². The number of nitrogens with one attached hydrogen (secondary N) is 1. The molecule has 0 aliphatic carbocycles. The summed E-state index contributed by atoms with van der Waals surface area (Å²) in [5.41, 5.74) is 0.862. The normalized spacial score (nSPS) is 16.4. The highest BCUT2D eigenvalue weighted by Crippen LogP contribution is 2.31. The third kappa shape index (κ3) is 4.19. The largest absolute Gasteiger partial charge is 0.375 e. The number of methoxy groups -OCH3 is 1. The minimum Gasteiger partial charge on any atom is -0.375 e. The molecule has 0 radical (unpaired) electrons. The highest BCUT2D eigenvalue weighted by molar-refractivity contribution is 8.18. The van der Waals surface area contributed by atoms with Crippen molar-refractivity contribution < 1.29 is 19.1 Å². The number of amides is 3. The number of hydrogen-bond acceptors (Lipinski definition) is 5. The van der Waals surface area contributed by atoms with Crippen LogP contribution in [0.2, 0.25) is 0 Å². The van der Waals surface area contributed by atoms with Crippen molar-refractivity contribution in [3.05, 3.63) is 40.8 Å². The maximum Gasteiger partial charge on any atom is 0.293 e. The van der Waals surface area contributed by atoms with Gasteiger partial charge in [0.05, 0.1) is 4.91 Å². The molecule has 6 nitrogen and oxygen atoms in total. The zero-order chi connectivity index (χ0) is 15.9. The molecule has 1 heterocycles. The lowest BCUT2D eigenvalue weighted by Gasteiger charge is -2.12. The number of benzene rings is 1. The predicted octanol–water partition coefficient (Wildman–Crippen LogP) is 1.49. The van der Waals surface area contributed by atoms with E-state index in [-0.39, 0.29) is 36.7 Å². The first-order valence-electron chi connectivity index (χ1n) is 6.68. The van der Waals surface area contributed by atoms with Gasteiger partial charge in [0.1, 0.15) is 6.61 Å². The molecular formula is C15H16N2O4S. The van der Waals surface area contributed by atoms with E-state index in [0.717, 1.165) is 22.2 Å². The van der Waals surface area contributed by atoms with Crippen molar-refractivity contribution in [3.8, 4) is 0 Å². The van der Waals surface area contributed by atoms with Gasteiger partial charge in [0.15, 0.2) is 0 Å². The van der Waals surface area contributed by atoms with E-state index in [0.29, 0.717) is 4.91 Å². The average molecular weight is 320 g/mol. The van der Waals surface area contributed by atoms with Gasteiger partial charge >= 0.3 is 0 Å². The van der Waals surface area contributed by atoms with E-state index >= 15 is 0 Å². The molecule has 0 unspecified atom stereocenters. The summed E-state index contributed by atoms with van der Waals surface area (Å²) in [5.74, 6) is -0.617. The summed E-state index contributed by atoms with van der Waals surface area (Å²) in [6.07, 6.45) is 1.69. The first-order chi connectivity index (χ1) is 10.6. The molecule has 22 heavy (non-hydrogen) atoms. The zero-order valence-electron chi connectivity index (χ0n) is 12.1. The minimum absolute atomic E-state index is 0.0458. The van der Waals surface area contributed by atoms with E-state index in [2.05, 4.69) is 10.1 Å². The summed E-state index contributed by atoms with van der Waals surface area (Å²) in [7, 11) is 1.42. The molecule has 1 aliphatic heterocycles. The van der Waals surface area contributed by atoms with E-state index in [1.54, 1.807) is 6.08 Å². The van der Waals surface area contributed by atoms with Crippen LogP contribution in [-0.4, -0.2) is 48.8 Å². The Kier molecular flexibility index (Phi) is 5.74. The quantitative estimate of drug-likeness (QED) is 0.804. The van der Waals surface area contributed by atoms with Crippen LogP contribution in [0, 0.1) is 0 Å². The molecule has 1 saturated heterocycles. The lowest BCUT2D eigenvalue weighted by Crippen LogP contribution is -2.38. The van der Waals surface area contributed by atoms with Gasteiger partial charge in [-0.1, -0.05) is 30.3 Å². The monoisotopic (exact) mass is 320 g/mol. The molecule has 116 valence electrons. The van der Waals surface area contributed by atoms with Gasteiger partial charge in [0.25, 0.3) is 11.1 Å². The third-order valence-electron chi connectivity index (χ3n) is 2.90. The summed E-state index contributed by atoms with van der Waals surface area (Å²) in [6, 6.07) is 9.33. The Balaban J connectivity index is 1.94. The van der Waals surface area contributed by atoms with Crippen molar-refractivity contribution in [2.75, 3.05) is 26.8 Å². The Hall–Kier alpha value is -2.12. The van der Waals surface area contributed by atoms with Gasteiger partial charge in [0.2, 0.25) is 5.91 Å². The molecule has 1 aromatic carbocycles. The van der Waals surface area contributed by atoms with Crippen LogP contribution < -0.4 is 5.32 Å². The fourth-order valence-electron chi connectivity index (χ4n) is 1.88. The van der Waals surface area contributed by atoms with E-state index in [1.807, 2.05) is 30.3 Å². The summed E-state index contributed by atoms with van der Waals surface area (Å²) >= 11 is 0.907. The van der Waals surface area contributed by atoms with Crippen LogP contribution in [-0.2, 0) is 14.3 Å². The first kappa shape index (κ1) is 16.3. The first-order valence-corrected chi connectivity index (χ1v) is 7.49. The minimum atomic E-state index is -0.333. The molecule has 1 aromatic rings. The summed E-state index contributed by atoms with van der Waals surface area (Å²) in [6.45, 7) is 0.306. The Morgan fingerprint density at radius 2 is 2.05 bits per heavy atom. The Morgan fingerprint density at radius 1 is 1.32 bits per heavy atom. The number of ether oxygens (including phenoxy) is 1. The highest BCUT2D eigenvalue weighted by Gasteiger charge is 2.34. The highest BCUT2D eigenvalue weighted by atomic mass is 32.2. The number of imide groups is 1. The molecule has 2 rings (SSSR count). The van der Waals surface area contributed by atoms with Crippen LogP contribution in [0.25, 0.3) is 6.08 Å². The Morgan fingerprint density at radius 3 is 2.73 bits per heavy atom. The van der Waals surface area contributed by atoms with Crippen LogP contribution in [0.15, 0.2) is 35.2 Å². The fourth-order valence-corrected chi connectivity index (χ4v) is 2.75. The van der Waals surface area contributed by atoms with Gasteiger partial charge in [-0.05, 0) is 23.4 Å². The van der Waals surface area contributed by atoms with Gasteiger partial charge < -0.3 is 10.1 Å². The van der Waals surface area contributed by atoms with Crippen LogP contribution in [0.4, 0.5) is 4.79 Å². The Labute approximate surface area is 132 Å². The number of nitrogens with zero attached hydrogens (tertiary/aromatic N) is 1. The molecule has 1 fully saturated rings. The second-order valence-corrected chi connectivity index (χ2v) is 5.52. The van der Waals surface area contributed by atoms with Crippen molar-refractivity contribution in [2.24, 2.45) is 0 Å². The molecule has 1 N–H and O–H groups in total. The number of carbonyl (C=O) groups excluding carboxylic acids is 3. The number of carbonyl (C=O) groups is 3. The smallest absolute Gasteiger partial charge is 0.293 e. The lowest BCUT2D eigenvalue weighted by molar-refractivity contribution is -0.126. The number of thioether (sulfide) groups is 1. The van der Waals surface area contributed by atoms with Gasteiger partial charge in [-0.3, -0.25) is 19.3 Å². The molecular weight excluding hydrogens is 304 g/mol. The summed E-state index contributed by atoms with van der Waals surface area (Å²) < 4.78 is 4.68. The maximum absolute atomic E-state index is 12.2. The second kappa shape index (κ2) is 7.77. The molecule has 7 heteroatoms. The van der Waals surface area contributed by atoms with Gasteiger partial charge in [-0.25, -0.2) is 0 Å². The molecule has 0 bridgehead atoms. The van der Waals surface area contributed by atoms with Crippen molar-refractivity contribution in [3.63, 3.8) is 0 Å². The molecule has 0 aromatic heterocycles. The van der Waals surface area contributed by atoms with E-state index < -0.39 is 0 Å². The fraction of sp³-hybridized carbons (Fsp3) is 0.267. The van der Waals surface area contributed by atoms with Crippen LogP contribution >= 0.6 is 11.8 Å². The number of hydrogen-bond donors (Lipinski definition) is 1. The summed E-state index contributed by atoms with van der Waals surface area (Å²) in [4.78, 5) is 36.8. The van der Waals surface area contributed by atoms with Crippen molar-refractivity contribution in [1.82, 2.24) is 10.2 Å². The van der Waals surface area contributed by atoms with Crippen LogP contribution in [0.5, 0.6) is 0 Å². The maximum atomic E-state index is 12.2. The second-order valence-electron chi connectivity index (χ2n) is 4.53. The van der Waals surface area contributed by atoms with Gasteiger partial charge in [-0.2, -0.15) is 0 Å². The molecule has 0 atom stereocenters. The molecule has 0 saturated carbocycles. The SMILES string of the molecule is COCC(=O)NCCN1C(=O)S/C(=C\c2ccccc2)C1=O. The predicted molar refractivity (Wildman–Crippen MR) is 84.0 cm³/mol. The van der Waals surface area contributed by atoms with Gasteiger partial charge in [-0.15, -0.1) is 0 Å². The van der Waals surface area contributed by atoms with Crippen molar-refractivity contribution >= 4 is 34.9 Å². The van der Waals surface area contributed by atoms with E-state index in [9.17, 15) is 14.4 Å². The Bertz CT molecular complexity index is 601. The third-order valence-corrected chi connectivity index (χ3v) is 3.81. The number of rotatable bonds is 6. The standard InChI is InChI=1S/C15H16N2O4S/c1-21-10-13(18)16-7-8-17-14(19)12(22-15(17)20)9-11-5-3-2-4-6-11/h2-6,9H,7-8,10H2,1H3,(H,16,18)/b12-9-. The van der Waals surface area contributed by atoms with Gasteiger partial charge in [0, 0.05) is 20.2 Å². The summed E-state index contributed by atoms with van der Waals surface area (Å²) in [5, 5.41) is 2.25. The zero-order valence-corrected chi connectivity index (χ0v) is 12.9. The molecule has 3 amide bonds. The average Bonchev–Trinajstić information content (AvgIpc) is 2.76. The molecule has 1 aliphatic rings. The van der Waals surface area contributed by atoms with E-state index in [4.69, 9.17) is 0 Å². The van der Waals surface area contributed by atoms with Crippen molar-refractivity contribution in [1.29, 1.82) is 0 Å². The van der Waals surface area contributed by atoms with Crippen molar-refractivity contribution in [2.45, 2.75) is 0 Å². The molecule has 0 spiro atoms.